The smallest absolute Gasteiger partial charge is 0.269 e. The number of benzene rings is 3. The molecule has 0 aliphatic heterocycles. The minimum absolute atomic E-state index is 0.0370. The average molecular weight is 416 g/mol. The van der Waals surface area contributed by atoms with E-state index in [0.717, 1.165) is 5.69 Å². The first-order valence-corrected chi connectivity index (χ1v) is 9.44. The van der Waals surface area contributed by atoms with Gasteiger partial charge < -0.3 is 5.32 Å². The minimum Gasteiger partial charge on any atom is -0.323 e. The Kier molecular flexibility index (Phi) is 5.53. The fraction of sp³-hybridized carbons (Fsp3) is 0.0435. The second-order valence-electron chi connectivity index (χ2n) is 6.79. The second kappa shape index (κ2) is 8.58. The Bertz CT molecular complexity index is 1240. The number of nitro benzene ring substituents is 1. The lowest BCUT2D eigenvalue weighted by Gasteiger charge is -2.06. The highest BCUT2D eigenvalue weighted by Crippen LogP contribution is 2.26. The number of para-hydroxylation sites is 2. The summed E-state index contributed by atoms with van der Waals surface area (Å²) in [7, 11) is 0. The van der Waals surface area contributed by atoms with E-state index in [1.54, 1.807) is 35.1 Å². The van der Waals surface area contributed by atoms with Crippen LogP contribution in [0, 0.1) is 15.9 Å². The van der Waals surface area contributed by atoms with Crippen LogP contribution < -0.4 is 5.32 Å². The fourth-order valence-corrected chi connectivity index (χ4v) is 3.17. The van der Waals surface area contributed by atoms with Crippen molar-refractivity contribution >= 4 is 17.3 Å². The minimum atomic E-state index is -0.522. The van der Waals surface area contributed by atoms with Gasteiger partial charge >= 0.3 is 0 Å². The zero-order valence-electron chi connectivity index (χ0n) is 16.2. The summed E-state index contributed by atoms with van der Waals surface area (Å²) in [4.78, 5) is 23.1. The molecule has 31 heavy (non-hydrogen) atoms. The summed E-state index contributed by atoms with van der Waals surface area (Å²) < 4.78 is 15.5. The number of nitrogens with one attached hydrogen (secondary N) is 1. The highest BCUT2D eigenvalue weighted by Gasteiger charge is 2.17. The van der Waals surface area contributed by atoms with E-state index in [1.807, 2.05) is 30.3 Å². The fourth-order valence-electron chi connectivity index (χ4n) is 3.17. The van der Waals surface area contributed by atoms with Crippen molar-refractivity contribution in [2.45, 2.75) is 6.42 Å². The number of carbonyl (C=O) groups excluding carboxylic acids is 1. The van der Waals surface area contributed by atoms with Crippen molar-refractivity contribution in [3.05, 3.63) is 107 Å². The Balaban J connectivity index is 1.68. The molecule has 0 bridgehead atoms. The number of amides is 1. The van der Waals surface area contributed by atoms with E-state index in [9.17, 15) is 19.3 Å². The van der Waals surface area contributed by atoms with Gasteiger partial charge in [-0.2, -0.15) is 5.10 Å². The lowest BCUT2D eigenvalue weighted by molar-refractivity contribution is -0.384. The molecule has 0 saturated heterocycles. The number of carbonyl (C=O) groups is 1. The second-order valence-corrected chi connectivity index (χ2v) is 6.79. The molecule has 0 atom stereocenters. The largest absolute Gasteiger partial charge is 0.323 e. The zero-order chi connectivity index (χ0) is 21.8. The monoisotopic (exact) mass is 416 g/mol. The van der Waals surface area contributed by atoms with Crippen LogP contribution in [0.5, 0.6) is 0 Å². The van der Waals surface area contributed by atoms with Crippen LogP contribution in [-0.2, 0) is 11.2 Å². The Morgan fingerprint density at radius 3 is 2.35 bits per heavy atom. The predicted molar refractivity (Wildman–Crippen MR) is 114 cm³/mol. The first kappa shape index (κ1) is 20.0. The lowest BCUT2D eigenvalue weighted by atomic mass is 10.1. The van der Waals surface area contributed by atoms with Crippen LogP contribution in [0.2, 0.25) is 0 Å². The molecular formula is C23H17FN4O3. The number of nitrogens with zero attached hydrogens (tertiary/aromatic N) is 3. The number of non-ortho nitro benzene ring substituents is 1. The molecular weight excluding hydrogens is 399 g/mol. The summed E-state index contributed by atoms with van der Waals surface area (Å²) in [5, 5.41) is 18.1. The molecule has 0 aliphatic carbocycles. The Labute approximate surface area is 176 Å². The third-order valence-corrected chi connectivity index (χ3v) is 4.66. The summed E-state index contributed by atoms with van der Waals surface area (Å²) in [6.07, 6.45) is 1.68. The highest BCUT2D eigenvalue weighted by molar-refractivity contribution is 5.93. The highest BCUT2D eigenvalue weighted by atomic mass is 19.1. The SMILES string of the molecule is O=C(Cc1cn(-c2ccccc2)nc1-c1ccc([N+](=O)[O-])cc1)Nc1ccccc1F. The van der Waals surface area contributed by atoms with Crippen molar-refractivity contribution in [1.82, 2.24) is 9.78 Å². The standard InChI is InChI=1S/C23H17FN4O3/c24-20-8-4-5-9-21(20)25-22(29)14-17-15-27(18-6-2-1-3-7-18)26-23(17)16-10-12-19(13-11-16)28(30)31/h1-13,15H,14H2,(H,25,29). The van der Waals surface area contributed by atoms with E-state index in [4.69, 9.17) is 0 Å². The van der Waals surface area contributed by atoms with Crippen LogP contribution in [0.25, 0.3) is 16.9 Å². The van der Waals surface area contributed by atoms with Crippen molar-refractivity contribution in [2.75, 3.05) is 5.32 Å². The zero-order valence-corrected chi connectivity index (χ0v) is 16.2. The molecule has 1 heterocycles. The maximum absolute atomic E-state index is 13.9. The Morgan fingerprint density at radius 2 is 1.68 bits per heavy atom. The van der Waals surface area contributed by atoms with E-state index in [1.165, 1.54) is 24.3 Å². The lowest BCUT2D eigenvalue weighted by Crippen LogP contribution is -2.15. The number of aromatic nitrogens is 2. The summed E-state index contributed by atoms with van der Waals surface area (Å²) in [6.45, 7) is 0. The molecule has 0 saturated carbocycles. The third kappa shape index (κ3) is 4.48. The van der Waals surface area contributed by atoms with Gasteiger partial charge in [0.05, 0.1) is 28.4 Å². The molecule has 1 amide bonds. The maximum atomic E-state index is 13.9. The predicted octanol–water partition coefficient (Wildman–Crippen LogP) is 4.77. The molecule has 0 fully saturated rings. The molecule has 7 nitrogen and oxygen atoms in total. The molecule has 1 aromatic heterocycles. The molecule has 0 spiro atoms. The van der Waals surface area contributed by atoms with Gasteiger partial charge in [-0.05, 0) is 36.4 Å². The van der Waals surface area contributed by atoms with Crippen LogP contribution in [0.15, 0.2) is 85.1 Å². The first-order valence-electron chi connectivity index (χ1n) is 9.44. The Hall–Kier alpha value is -4.33. The van der Waals surface area contributed by atoms with Gasteiger partial charge in [-0.1, -0.05) is 30.3 Å². The van der Waals surface area contributed by atoms with Crippen molar-refractivity contribution < 1.29 is 14.1 Å². The molecule has 3 aromatic carbocycles. The summed E-state index contributed by atoms with van der Waals surface area (Å²) in [5.41, 5.74) is 2.61. The molecule has 0 aliphatic rings. The van der Waals surface area contributed by atoms with Gasteiger partial charge in [-0.15, -0.1) is 0 Å². The van der Waals surface area contributed by atoms with Crippen molar-refractivity contribution in [3.63, 3.8) is 0 Å². The number of nitro groups is 1. The Morgan fingerprint density at radius 1 is 1.00 bits per heavy atom. The molecule has 8 heteroatoms. The van der Waals surface area contributed by atoms with E-state index < -0.39 is 16.6 Å². The maximum Gasteiger partial charge on any atom is 0.269 e. The van der Waals surface area contributed by atoms with Crippen molar-refractivity contribution in [3.8, 4) is 16.9 Å². The van der Waals surface area contributed by atoms with Crippen LogP contribution in [0.3, 0.4) is 0 Å². The van der Waals surface area contributed by atoms with E-state index >= 15 is 0 Å². The van der Waals surface area contributed by atoms with E-state index in [0.29, 0.717) is 16.8 Å². The van der Waals surface area contributed by atoms with Gasteiger partial charge in [0.15, 0.2) is 0 Å². The number of rotatable bonds is 6. The first-order chi connectivity index (χ1) is 15.0. The van der Waals surface area contributed by atoms with Gasteiger partial charge in [-0.25, -0.2) is 9.07 Å². The molecule has 4 rings (SSSR count). The number of hydrogen-bond donors (Lipinski definition) is 1. The topological polar surface area (TPSA) is 90.1 Å². The van der Waals surface area contributed by atoms with E-state index in [2.05, 4.69) is 10.4 Å². The van der Waals surface area contributed by atoms with Crippen LogP contribution in [0.1, 0.15) is 5.56 Å². The van der Waals surface area contributed by atoms with Crippen molar-refractivity contribution in [2.24, 2.45) is 0 Å². The summed E-state index contributed by atoms with van der Waals surface area (Å²) >= 11 is 0. The summed E-state index contributed by atoms with van der Waals surface area (Å²) in [6, 6.07) is 21.3. The molecule has 154 valence electrons. The van der Waals surface area contributed by atoms with Gasteiger partial charge in [-0.3, -0.25) is 14.9 Å². The quantitative estimate of drug-likeness (QED) is 0.362. The van der Waals surface area contributed by atoms with Crippen molar-refractivity contribution in [1.29, 1.82) is 0 Å². The average Bonchev–Trinajstić information content (AvgIpc) is 3.19. The number of anilines is 1. The molecule has 4 aromatic rings. The van der Waals surface area contributed by atoms with Gasteiger partial charge in [0, 0.05) is 29.5 Å². The summed E-state index contributed by atoms with van der Waals surface area (Å²) in [5.74, 6) is -0.924. The van der Waals surface area contributed by atoms with Crippen LogP contribution in [-0.4, -0.2) is 20.6 Å². The van der Waals surface area contributed by atoms with E-state index in [-0.39, 0.29) is 17.8 Å². The van der Waals surface area contributed by atoms with Crippen LogP contribution in [0.4, 0.5) is 15.8 Å². The molecule has 1 N–H and O–H groups in total. The molecule has 0 radical (unpaired) electrons. The van der Waals surface area contributed by atoms with Gasteiger partial charge in [0.1, 0.15) is 5.82 Å². The number of hydrogen-bond acceptors (Lipinski definition) is 4. The number of halogens is 1. The van der Waals surface area contributed by atoms with Gasteiger partial charge in [0.2, 0.25) is 5.91 Å². The molecule has 0 unspecified atom stereocenters. The van der Waals surface area contributed by atoms with Crippen LogP contribution >= 0.6 is 0 Å². The normalized spacial score (nSPS) is 10.6. The third-order valence-electron chi connectivity index (χ3n) is 4.66. The van der Waals surface area contributed by atoms with Gasteiger partial charge in [0.25, 0.3) is 5.69 Å².